The molecule has 4 heteroatoms. The van der Waals surface area contributed by atoms with Gasteiger partial charge in [0.15, 0.2) is 0 Å². The number of amides is 1. The summed E-state index contributed by atoms with van der Waals surface area (Å²) in [5, 5.41) is 3.65. The molecule has 1 saturated carbocycles. The number of rotatable bonds is 9. The predicted octanol–water partition coefficient (Wildman–Crippen LogP) is 6.32. The number of carbonyl (C=O) groups excluding carboxylic acids is 1. The number of halogens is 1. The minimum Gasteiger partial charge on any atom is -0.351 e. The van der Waals surface area contributed by atoms with Gasteiger partial charge in [0.2, 0.25) is 0 Å². The molecule has 1 aliphatic rings. The second-order valence-corrected chi connectivity index (χ2v) is 8.05. The van der Waals surface area contributed by atoms with Crippen LogP contribution in [0.25, 0.3) is 0 Å². The van der Waals surface area contributed by atoms with Crippen LogP contribution in [0.15, 0.2) is 18.2 Å². The summed E-state index contributed by atoms with van der Waals surface area (Å²) in [4.78, 5) is 15.1. The second-order valence-electron chi connectivity index (χ2n) is 7.65. The SMILES string of the molecule is CCN(CC)CCCc1ccc(Cl)c(C(=O)NC[C]2CCCCCCC2)c1.[CH2].[CH2]. The average Bonchev–Trinajstić information content (AvgIpc) is 2.65. The Morgan fingerprint density at radius 1 is 1.03 bits per heavy atom. The fraction of sp³-hybridized carbons (Fsp3) is 0.600. The average molecular weight is 420 g/mol. The molecule has 1 amide bonds. The van der Waals surface area contributed by atoms with Gasteiger partial charge in [0.25, 0.3) is 5.91 Å². The molecule has 0 unspecified atom stereocenters. The van der Waals surface area contributed by atoms with Crippen molar-refractivity contribution in [3.05, 3.63) is 55.1 Å². The largest absolute Gasteiger partial charge is 0.351 e. The van der Waals surface area contributed by atoms with Gasteiger partial charge in [0, 0.05) is 6.54 Å². The maximum atomic E-state index is 12.7. The molecule has 5 radical (unpaired) electrons. The van der Waals surface area contributed by atoms with Crippen molar-refractivity contribution in [3.63, 3.8) is 0 Å². The van der Waals surface area contributed by atoms with E-state index in [-0.39, 0.29) is 20.8 Å². The van der Waals surface area contributed by atoms with E-state index in [9.17, 15) is 4.79 Å². The third kappa shape index (κ3) is 10.00. The van der Waals surface area contributed by atoms with Gasteiger partial charge in [-0.25, -0.2) is 0 Å². The van der Waals surface area contributed by atoms with Crippen LogP contribution in [-0.4, -0.2) is 37.0 Å². The lowest BCUT2D eigenvalue weighted by Crippen LogP contribution is -2.29. The van der Waals surface area contributed by atoms with E-state index in [0.29, 0.717) is 17.1 Å². The molecule has 163 valence electrons. The van der Waals surface area contributed by atoms with E-state index in [1.165, 1.54) is 43.6 Å². The van der Waals surface area contributed by atoms with Crippen LogP contribution in [0.3, 0.4) is 0 Å². The monoisotopic (exact) mass is 419 g/mol. The molecule has 0 saturated heterocycles. The molecule has 2 rings (SSSR count). The van der Waals surface area contributed by atoms with Gasteiger partial charge in [-0.15, -0.1) is 0 Å². The van der Waals surface area contributed by atoms with Crippen molar-refractivity contribution in [1.29, 1.82) is 0 Å². The van der Waals surface area contributed by atoms with E-state index in [1.54, 1.807) is 0 Å². The molecular weight excluding hydrogens is 380 g/mol. The van der Waals surface area contributed by atoms with Gasteiger partial charge in [-0.3, -0.25) is 4.79 Å². The number of hydrogen-bond donors (Lipinski definition) is 1. The van der Waals surface area contributed by atoms with Gasteiger partial charge in [-0.05, 0) is 68.9 Å². The highest BCUT2D eigenvalue weighted by molar-refractivity contribution is 6.33. The summed E-state index contributed by atoms with van der Waals surface area (Å²) in [6, 6.07) is 5.89. The number of nitrogens with one attached hydrogen (secondary N) is 1. The molecule has 0 aliphatic heterocycles. The smallest absolute Gasteiger partial charge is 0.252 e. The molecule has 1 N–H and O–H groups in total. The van der Waals surface area contributed by atoms with Crippen LogP contribution in [0.1, 0.15) is 81.1 Å². The molecular formula is C25H40ClN2O. The lowest BCUT2D eigenvalue weighted by Gasteiger charge is -2.20. The van der Waals surface area contributed by atoms with Crippen LogP contribution in [0.4, 0.5) is 0 Å². The van der Waals surface area contributed by atoms with Crippen molar-refractivity contribution in [2.75, 3.05) is 26.2 Å². The minimum atomic E-state index is -0.0415. The van der Waals surface area contributed by atoms with Crippen molar-refractivity contribution in [3.8, 4) is 0 Å². The summed E-state index contributed by atoms with van der Waals surface area (Å²) >= 11 is 6.31. The summed E-state index contributed by atoms with van der Waals surface area (Å²) in [5.41, 5.74) is 1.80. The van der Waals surface area contributed by atoms with Crippen LogP contribution in [0, 0.1) is 20.8 Å². The standard InChI is InChI=1S/C23H36ClN2O.2CH2/c1-3-26(4-2)16-10-13-19-14-15-22(24)21(17-19)23(27)25-18-20-11-8-6-5-7-9-12-20;;/h14-15,17H,3-13,16,18H2,1-2H3,(H,25,27);2*1H2. The fourth-order valence-electron chi connectivity index (χ4n) is 3.83. The number of carbonyl (C=O) groups is 1. The zero-order valence-corrected chi connectivity index (χ0v) is 19.3. The molecule has 1 aliphatic carbocycles. The molecule has 0 aromatic heterocycles. The quantitative estimate of drug-likeness (QED) is 0.508. The predicted molar refractivity (Wildman–Crippen MR) is 126 cm³/mol. The molecule has 0 spiro atoms. The summed E-state index contributed by atoms with van der Waals surface area (Å²) in [6.07, 6.45) is 10.9. The zero-order chi connectivity index (χ0) is 19.5. The van der Waals surface area contributed by atoms with E-state index in [0.717, 1.165) is 45.3 Å². The lowest BCUT2D eigenvalue weighted by molar-refractivity contribution is 0.0954. The molecule has 0 atom stereocenters. The normalized spacial score (nSPS) is 15.0. The first-order valence-corrected chi connectivity index (χ1v) is 11.1. The highest BCUT2D eigenvalue weighted by Gasteiger charge is 2.16. The summed E-state index contributed by atoms with van der Waals surface area (Å²) in [5.74, 6) is 1.44. The lowest BCUT2D eigenvalue weighted by atomic mass is 9.91. The molecule has 3 nitrogen and oxygen atoms in total. The van der Waals surface area contributed by atoms with Crippen molar-refractivity contribution in [2.24, 2.45) is 0 Å². The molecule has 1 aromatic carbocycles. The van der Waals surface area contributed by atoms with Gasteiger partial charge in [-0.2, -0.15) is 0 Å². The highest BCUT2D eigenvalue weighted by atomic mass is 35.5. The Kier molecular flexibility index (Phi) is 15.2. The van der Waals surface area contributed by atoms with Gasteiger partial charge in [0.1, 0.15) is 0 Å². The Hall–Kier alpha value is -1.06. The van der Waals surface area contributed by atoms with Gasteiger partial charge in [0.05, 0.1) is 10.6 Å². The number of benzene rings is 1. The van der Waals surface area contributed by atoms with E-state index in [2.05, 4.69) is 24.1 Å². The van der Waals surface area contributed by atoms with E-state index >= 15 is 0 Å². The Morgan fingerprint density at radius 2 is 1.66 bits per heavy atom. The third-order valence-corrected chi connectivity index (χ3v) is 6.00. The number of nitrogens with zero attached hydrogens (tertiary/aromatic N) is 1. The molecule has 29 heavy (non-hydrogen) atoms. The highest BCUT2D eigenvalue weighted by Crippen LogP contribution is 2.24. The van der Waals surface area contributed by atoms with Crippen LogP contribution < -0.4 is 5.32 Å². The molecule has 0 bridgehead atoms. The molecule has 1 fully saturated rings. The summed E-state index contributed by atoms with van der Waals surface area (Å²) in [7, 11) is 0. The van der Waals surface area contributed by atoms with Crippen LogP contribution in [0.5, 0.6) is 0 Å². The van der Waals surface area contributed by atoms with Crippen LogP contribution >= 0.6 is 11.6 Å². The second kappa shape index (κ2) is 15.7. The third-order valence-electron chi connectivity index (χ3n) is 5.67. The Bertz CT molecular complexity index is 564. The first-order chi connectivity index (χ1) is 13.1. The first kappa shape index (κ1) is 27.9. The fourth-order valence-corrected chi connectivity index (χ4v) is 4.03. The van der Waals surface area contributed by atoms with Gasteiger partial charge in [-0.1, -0.05) is 78.5 Å². The number of aryl methyl sites for hydroxylation is 1. The van der Waals surface area contributed by atoms with Crippen molar-refractivity contribution < 1.29 is 4.79 Å². The van der Waals surface area contributed by atoms with Crippen LogP contribution in [0.2, 0.25) is 5.02 Å². The summed E-state index contributed by atoms with van der Waals surface area (Å²) < 4.78 is 0. The van der Waals surface area contributed by atoms with Gasteiger partial charge >= 0.3 is 0 Å². The molecule has 1 aromatic rings. The topological polar surface area (TPSA) is 32.3 Å². The summed E-state index contributed by atoms with van der Waals surface area (Å²) in [6.45, 7) is 8.36. The van der Waals surface area contributed by atoms with Crippen molar-refractivity contribution in [1.82, 2.24) is 10.2 Å². The minimum absolute atomic E-state index is 0. The van der Waals surface area contributed by atoms with Gasteiger partial charge < -0.3 is 10.2 Å². The van der Waals surface area contributed by atoms with E-state index in [4.69, 9.17) is 11.6 Å². The van der Waals surface area contributed by atoms with Crippen molar-refractivity contribution in [2.45, 2.75) is 71.6 Å². The first-order valence-electron chi connectivity index (χ1n) is 10.8. The molecule has 0 heterocycles. The van der Waals surface area contributed by atoms with E-state index in [1.807, 2.05) is 18.2 Å². The van der Waals surface area contributed by atoms with Crippen molar-refractivity contribution >= 4 is 17.5 Å². The van der Waals surface area contributed by atoms with E-state index < -0.39 is 0 Å². The maximum Gasteiger partial charge on any atom is 0.252 e. The zero-order valence-electron chi connectivity index (χ0n) is 18.6. The Balaban J connectivity index is 0.00000392. The maximum absolute atomic E-state index is 12.7. The Labute approximate surface area is 185 Å². The Morgan fingerprint density at radius 3 is 2.28 bits per heavy atom. The van der Waals surface area contributed by atoms with Crippen LogP contribution in [-0.2, 0) is 6.42 Å². The number of hydrogen-bond acceptors (Lipinski definition) is 2.